The number of carbonyl (C=O) groups is 1. The van der Waals surface area contributed by atoms with Gasteiger partial charge in [-0.3, -0.25) is 0 Å². The van der Waals surface area contributed by atoms with Crippen LogP contribution in [0.2, 0.25) is 0 Å². The van der Waals surface area contributed by atoms with Gasteiger partial charge in [0.2, 0.25) is 0 Å². The number of aryl methyl sites for hydroxylation is 1. The van der Waals surface area contributed by atoms with Gasteiger partial charge in [0.15, 0.2) is 0 Å². The van der Waals surface area contributed by atoms with E-state index in [9.17, 15) is 4.79 Å². The van der Waals surface area contributed by atoms with Crippen molar-refractivity contribution in [2.24, 2.45) is 0 Å². The Morgan fingerprint density at radius 2 is 1.96 bits per heavy atom. The Kier molecular flexibility index (Phi) is 11.9. The number of benzene rings is 1. The standard InChI is InChI=1S/C23H32NO2.Y/c1-4-13-24-22(23(25)26-14-5-2)17-20-12-11-18(3)21(16-20)15-19-9-7-6-8-10-19;/h12,15-17,24H,4-10,13-14H2,1-3H3;/q-1;/b22-17-;. The minimum atomic E-state index is -0.284. The Morgan fingerprint density at radius 1 is 1.22 bits per heavy atom. The fourth-order valence-corrected chi connectivity index (χ4v) is 3.09. The minimum Gasteiger partial charge on any atom is -0.461 e. The van der Waals surface area contributed by atoms with Crippen molar-refractivity contribution >= 4 is 18.1 Å². The van der Waals surface area contributed by atoms with Crippen LogP contribution in [0.5, 0.6) is 0 Å². The van der Waals surface area contributed by atoms with Gasteiger partial charge in [-0.2, -0.15) is 23.8 Å². The summed E-state index contributed by atoms with van der Waals surface area (Å²) in [5.41, 5.74) is 5.38. The second kappa shape index (κ2) is 13.3. The predicted octanol–water partition coefficient (Wildman–Crippen LogP) is 5.43. The van der Waals surface area contributed by atoms with Crippen LogP contribution in [0.4, 0.5) is 0 Å². The van der Waals surface area contributed by atoms with Crippen LogP contribution in [0.25, 0.3) is 12.2 Å². The number of esters is 1. The summed E-state index contributed by atoms with van der Waals surface area (Å²) in [5.74, 6) is -0.284. The fourth-order valence-electron chi connectivity index (χ4n) is 3.09. The molecule has 1 saturated carbocycles. The van der Waals surface area contributed by atoms with Crippen LogP contribution in [-0.4, -0.2) is 19.1 Å². The van der Waals surface area contributed by atoms with E-state index in [2.05, 4.69) is 37.4 Å². The van der Waals surface area contributed by atoms with Crippen molar-refractivity contribution in [2.75, 3.05) is 13.2 Å². The van der Waals surface area contributed by atoms with Gasteiger partial charge in [-0.15, -0.1) is 17.2 Å². The number of ether oxygens (including phenoxy) is 1. The van der Waals surface area contributed by atoms with E-state index in [1.807, 2.05) is 19.1 Å². The molecule has 145 valence electrons. The average molecular weight is 443 g/mol. The van der Waals surface area contributed by atoms with Gasteiger partial charge in [0.25, 0.3) is 0 Å². The summed E-state index contributed by atoms with van der Waals surface area (Å²) in [6.45, 7) is 7.36. The first-order valence-electron chi connectivity index (χ1n) is 9.98. The van der Waals surface area contributed by atoms with E-state index in [-0.39, 0.29) is 38.7 Å². The Labute approximate surface area is 189 Å². The van der Waals surface area contributed by atoms with Crippen LogP contribution < -0.4 is 5.32 Å². The van der Waals surface area contributed by atoms with Gasteiger partial charge >= 0.3 is 5.97 Å². The third kappa shape index (κ3) is 8.31. The van der Waals surface area contributed by atoms with E-state index in [1.54, 1.807) is 0 Å². The zero-order chi connectivity index (χ0) is 18.8. The van der Waals surface area contributed by atoms with Crippen molar-refractivity contribution in [1.29, 1.82) is 0 Å². The van der Waals surface area contributed by atoms with Crippen molar-refractivity contribution in [3.8, 4) is 0 Å². The molecule has 0 heterocycles. The van der Waals surface area contributed by atoms with Crippen molar-refractivity contribution in [2.45, 2.75) is 65.7 Å². The molecule has 0 spiro atoms. The van der Waals surface area contributed by atoms with Crippen LogP contribution in [-0.2, 0) is 42.2 Å². The summed E-state index contributed by atoms with van der Waals surface area (Å²) in [5, 5.41) is 3.20. The molecular weight excluding hydrogens is 411 g/mol. The van der Waals surface area contributed by atoms with E-state index in [0.717, 1.165) is 30.5 Å². The molecule has 0 atom stereocenters. The van der Waals surface area contributed by atoms with Gasteiger partial charge in [0, 0.05) is 39.3 Å². The second-order valence-corrected chi connectivity index (χ2v) is 7.00. The number of carbonyl (C=O) groups excluding carboxylic acids is 1. The summed E-state index contributed by atoms with van der Waals surface area (Å²) in [6, 6.07) is 7.42. The predicted molar refractivity (Wildman–Crippen MR) is 109 cm³/mol. The fraction of sp³-hybridized carbons (Fsp3) is 0.522. The number of rotatable bonds is 8. The zero-order valence-corrected chi connectivity index (χ0v) is 19.9. The summed E-state index contributed by atoms with van der Waals surface area (Å²) in [4.78, 5) is 12.3. The minimum absolute atomic E-state index is 0. The largest absolute Gasteiger partial charge is 0.461 e. The van der Waals surface area contributed by atoms with Gasteiger partial charge in [-0.1, -0.05) is 38.8 Å². The monoisotopic (exact) mass is 443 g/mol. The first-order valence-corrected chi connectivity index (χ1v) is 9.98. The first-order chi connectivity index (χ1) is 12.6. The van der Waals surface area contributed by atoms with Crippen LogP contribution in [0.3, 0.4) is 0 Å². The van der Waals surface area contributed by atoms with Gasteiger partial charge in [0.1, 0.15) is 5.70 Å². The zero-order valence-electron chi connectivity index (χ0n) is 17.1. The molecule has 1 aromatic rings. The maximum absolute atomic E-state index is 12.3. The van der Waals surface area contributed by atoms with Crippen molar-refractivity contribution in [3.63, 3.8) is 0 Å². The third-order valence-corrected chi connectivity index (χ3v) is 4.60. The Balaban J connectivity index is 0.00000364. The molecule has 1 radical (unpaired) electrons. The van der Waals surface area contributed by atoms with E-state index < -0.39 is 0 Å². The molecular formula is C23H32NO2Y-. The Bertz CT molecular complexity index is 656. The van der Waals surface area contributed by atoms with Crippen LogP contribution in [0.15, 0.2) is 23.4 Å². The van der Waals surface area contributed by atoms with E-state index in [4.69, 9.17) is 4.74 Å². The molecule has 1 aliphatic rings. The molecule has 0 aromatic heterocycles. The molecule has 27 heavy (non-hydrogen) atoms. The molecule has 1 N–H and O–H groups in total. The van der Waals surface area contributed by atoms with Crippen LogP contribution >= 0.6 is 0 Å². The normalized spacial score (nSPS) is 14.3. The van der Waals surface area contributed by atoms with E-state index in [0.29, 0.717) is 12.3 Å². The van der Waals surface area contributed by atoms with Gasteiger partial charge in [-0.25, -0.2) is 4.79 Å². The summed E-state index contributed by atoms with van der Waals surface area (Å²) in [7, 11) is 0. The molecule has 1 aromatic carbocycles. The van der Waals surface area contributed by atoms with Crippen molar-refractivity contribution in [1.82, 2.24) is 5.32 Å². The van der Waals surface area contributed by atoms with Crippen molar-refractivity contribution in [3.05, 3.63) is 46.2 Å². The molecule has 4 heteroatoms. The topological polar surface area (TPSA) is 38.3 Å². The van der Waals surface area contributed by atoms with Crippen molar-refractivity contribution < 1.29 is 42.2 Å². The van der Waals surface area contributed by atoms with Gasteiger partial charge in [0.05, 0.1) is 6.61 Å². The molecule has 2 rings (SSSR count). The summed E-state index contributed by atoms with van der Waals surface area (Å²) < 4.78 is 5.31. The maximum atomic E-state index is 12.3. The number of hydrogen-bond donors (Lipinski definition) is 1. The smallest absolute Gasteiger partial charge is 0.353 e. The molecule has 0 amide bonds. The van der Waals surface area contributed by atoms with E-state index >= 15 is 0 Å². The molecule has 1 aliphatic carbocycles. The number of allylic oxidation sites excluding steroid dienone is 1. The Morgan fingerprint density at radius 3 is 2.63 bits per heavy atom. The van der Waals surface area contributed by atoms with Gasteiger partial charge in [-0.05, 0) is 38.5 Å². The summed E-state index contributed by atoms with van der Waals surface area (Å²) >= 11 is 0. The first kappa shape index (κ1) is 24.1. The summed E-state index contributed by atoms with van der Waals surface area (Å²) in [6.07, 6.45) is 12.3. The molecule has 0 saturated heterocycles. The molecule has 0 bridgehead atoms. The molecule has 0 unspecified atom stereocenters. The quantitative estimate of drug-likeness (QED) is 0.331. The number of nitrogens with one attached hydrogen (secondary N) is 1. The molecule has 3 nitrogen and oxygen atoms in total. The van der Waals surface area contributed by atoms with Crippen LogP contribution in [0, 0.1) is 13.0 Å². The van der Waals surface area contributed by atoms with E-state index in [1.165, 1.54) is 43.2 Å². The number of hydrogen-bond acceptors (Lipinski definition) is 3. The molecule has 0 aliphatic heterocycles. The van der Waals surface area contributed by atoms with Gasteiger partial charge < -0.3 is 10.1 Å². The maximum Gasteiger partial charge on any atom is 0.353 e. The SMILES string of the molecule is CCCN/C(=C\c1c[c-]c(C)c(C=C2CCCCC2)c1)C(=O)OCCC.[Y]. The third-order valence-electron chi connectivity index (χ3n) is 4.60. The second-order valence-electron chi connectivity index (χ2n) is 7.00. The average Bonchev–Trinajstić information content (AvgIpc) is 2.66. The molecule has 1 fully saturated rings. The van der Waals surface area contributed by atoms with Crippen LogP contribution in [0.1, 0.15) is 75.5 Å². The Hall–Kier alpha value is -0.926.